The molecule has 2 N–H and O–H groups in total. The van der Waals surface area contributed by atoms with Gasteiger partial charge in [0.1, 0.15) is 5.75 Å². The first kappa shape index (κ1) is 20.4. The van der Waals surface area contributed by atoms with Crippen molar-refractivity contribution in [1.29, 1.82) is 0 Å². The minimum atomic E-state index is -0.271. The quantitative estimate of drug-likeness (QED) is 0.590. The molecule has 0 radical (unpaired) electrons. The molecule has 0 aliphatic carbocycles. The predicted molar refractivity (Wildman–Crippen MR) is 114 cm³/mol. The van der Waals surface area contributed by atoms with Crippen LogP contribution in [-0.2, 0) is 0 Å². The van der Waals surface area contributed by atoms with Gasteiger partial charge in [-0.1, -0.05) is 39.0 Å². The zero-order valence-corrected chi connectivity index (χ0v) is 17.5. The number of benzene rings is 2. The molecule has 0 fully saturated rings. The van der Waals surface area contributed by atoms with Crippen LogP contribution in [0.25, 0.3) is 0 Å². The molecule has 0 spiro atoms. The Balaban J connectivity index is 2.03. The number of hydrogen-bond donors (Lipinski definition) is 2. The minimum Gasteiger partial charge on any atom is -0.492 e. The average molecular weight is 435 g/mol. The van der Waals surface area contributed by atoms with Crippen LogP contribution in [0.3, 0.4) is 0 Å². The van der Waals surface area contributed by atoms with Crippen LogP contribution in [0.4, 0.5) is 5.69 Å². The lowest BCUT2D eigenvalue weighted by Crippen LogP contribution is -2.34. The molecule has 0 bridgehead atoms. The van der Waals surface area contributed by atoms with E-state index in [-0.39, 0.29) is 11.0 Å². The van der Waals surface area contributed by atoms with E-state index in [1.165, 1.54) is 0 Å². The van der Waals surface area contributed by atoms with Gasteiger partial charge < -0.3 is 10.1 Å². The van der Waals surface area contributed by atoms with Crippen LogP contribution in [0.1, 0.15) is 49.0 Å². The van der Waals surface area contributed by atoms with Crippen LogP contribution < -0.4 is 15.4 Å². The maximum atomic E-state index is 12.4. The first-order chi connectivity index (χ1) is 12.4. The highest BCUT2D eigenvalue weighted by Gasteiger charge is 2.12. The van der Waals surface area contributed by atoms with Gasteiger partial charge in [0.15, 0.2) is 5.11 Å². The van der Waals surface area contributed by atoms with Gasteiger partial charge in [-0.2, -0.15) is 0 Å². The highest BCUT2D eigenvalue weighted by atomic mass is 79.9. The van der Waals surface area contributed by atoms with Crippen molar-refractivity contribution < 1.29 is 9.53 Å². The lowest BCUT2D eigenvalue weighted by Gasteiger charge is -2.15. The van der Waals surface area contributed by atoms with Crippen molar-refractivity contribution in [1.82, 2.24) is 5.32 Å². The molecule has 138 valence electrons. The summed E-state index contributed by atoms with van der Waals surface area (Å²) in [7, 11) is 0. The van der Waals surface area contributed by atoms with Gasteiger partial charge in [0.05, 0.1) is 11.1 Å². The van der Waals surface area contributed by atoms with Crippen molar-refractivity contribution in [2.45, 2.75) is 33.1 Å². The Morgan fingerprint density at radius 3 is 2.62 bits per heavy atom. The molecule has 26 heavy (non-hydrogen) atoms. The molecule has 2 aromatic rings. The van der Waals surface area contributed by atoms with E-state index in [4.69, 9.17) is 17.0 Å². The monoisotopic (exact) mass is 434 g/mol. The van der Waals surface area contributed by atoms with Crippen molar-refractivity contribution >= 4 is 44.9 Å². The summed E-state index contributed by atoms with van der Waals surface area (Å²) in [6.45, 7) is 6.90. The molecule has 0 heterocycles. The molecule has 0 saturated heterocycles. The van der Waals surface area contributed by atoms with Crippen molar-refractivity contribution in [3.05, 3.63) is 58.1 Å². The van der Waals surface area contributed by atoms with Crippen LogP contribution in [-0.4, -0.2) is 17.6 Å². The van der Waals surface area contributed by atoms with Gasteiger partial charge >= 0.3 is 0 Å². The molecule has 2 aromatic carbocycles. The number of rotatable bonds is 6. The number of ether oxygens (including phenoxy) is 1. The van der Waals surface area contributed by atoms with Gasteiger partial charge in [0.2, 0.25) is 0 Å². The Labute approximate surface area is 168 Å². The molecule has 0 atom stereocenters. The summed E-state index contributed by atoms with van der Waals surface area (Å²) < 4.78 is 6.34. The number of halogens is 1. The summed E-state index contributed by atoms with van der Waals surface area (Å²) in [5, 5.41) is 6.10. The fourth-order valence-electron chi connectivity index (χ4n) is 2.41. The van der Waals surface area contributed by atoms with Gasteiger partial charge in [-0.15, -0.1) is 0 Å². The lowest BCUT2D eigenvalue weighted by atomic mass is 10.0. The van der Waals surface area contributed by atoms with E-state index in [1.54, 1.807) is 18.2 Å². The lowest BCUT2D eigenvalue weighted by molar-refractivity contribution is 0.0977. The van der Waals surface area contributed by atoms with Gasteiger partial charge in [0.25, 0.3) is 5.91 Å². The van der Waals surface area contributed by atoms with Crippen LogP contribution in [0.2, 0.25) is 0 Å². The van der Waals surface area contributed by atoms with Crippen LogP contribution in [0, 0.1) is 0 Å². The van der Waals surface area contributed by atoms with E-state index < -0.39 is 0 Å². The summed E-state index contributed by atoms with van der Waals surface area (Å²) >= 11 is 8.73. The molecule has 0 aromatic heterocycles. The number of anilines is 1. The van der Waals surface area contributed by atoms with Gasteiger partial charge in [-0.05, 0) is 70.3 Å². The second-order valence-corrected chi connectivity index (χ2v) is 7.41. The van der Waals surface area contributed by atoms with E-state index in [0.29, 0.717) is 18.1 Å². The van der Waals surface area contributed by atoms with Crippen molar-refractivity contribution in [3.63, 3.8) is 0 Å². The molecular weight excluding hydrogens is 412 g/mol. The Bertz CT molecular complexity index is 793. The Kier molecular flexibility index (Phi) is 7.60. The fraction of sp³-hybridized carbons (Fsp3) is 0.300. The number of carbonyl (C=O) groups excluding carboxylic acids is 1. The number of para-hydroxylation sites is 1. The van der Waals surface area contributed by atoms with E-state index in [1.807, 2.05) is 31.2 Å². The maximum absolute atomic E-state index is 12.4. The van der Waals surface area contributed by atoms with Gasteiger partial charge in [-0.25, -0.2) is 0 Å². The van der Waals surface area contributed by atoms with Crippen LogP contribution in [0.5, 0.6) is 5.75 Å². The summed E-state index contributed by atoms with van der Waals surface area (Å²) in [5.74, 6) is 0.797. The van der Waals surface area contributed by atoms with Crippen molar-refractivity contribution in [3.8, 4) is 5.75 Å². The van der Waals surface area contributed by atoms with Gasteiger partial charge in [0, 0.05) is 11.3 Å². The molecule has 0 aliphatic rings. The average Bonchev–Trinajstić information content (AvgIpc) is 2.60. The van der Waals surface area contributed by atoms with E-state index in [2.05, 4.69) is 40.4 Å². The second-order valence-electron chi connectivity index (χ2n) is 6.14. The predicted octanol–water partition coefficient (Wildman–Crippen LogP) is 5.49. The highest BCUT2D eigenvalue weighted by Crippen LogP contribution is 2.26. The number of hydrogen-bond acceptors (Lipinski definition) is 3. The molecule has 1 amide bonds. The van der Waals surface area contributed by atoms with E-state index >= 15 is 0 Å². The van der Waals surface area contributed by atoms with E-state index in [9.17, 15) is 4.79 Å². The second kappa shape index (κ2) is 9.69. The Morgan fingerprint density at radius 2 is 1.96 bits per heavy atom. The Morgan fingerprint density at radius 1 is 1.23 bits per heavy atom. The Hall–Kier alpha value is -1.92. The molecule has 0 unspecified atom stereocenters. The van der Waals surface area contributed by atoms with Crippen LogP contribution >= 0.6 is 28.1 Å². The topological polar surface area (TPSA) is 50.4 Å². The molecular formula is C20H23BrN2O2S. The number of carbonyl (C=O) groups is 1. The SMILES string of the molecule is CCCOc1ccc(C(=O)NC(=S)Nc2ccccc2C(C)C)cc1Br. The van der Waals surface area contributed by atoms with E-state index in [0.717, 1.165) is 27.9 Å². The first-order valence-electron chi connectivity index (χ1n) is 8.56. The number of nitrogens with one attached hydrogen (secondary N) is 2. The molecule has 0 aliphatic heterocycles. The van der Waals surface area contributed by atoms with Crippen molar-refractivity contribution in [2.24, 2.45) is 0 Å². The fourth-order valence-corrected chi connectivity index (χ4v) is 3.11. The summed E-state index contributed by atoms with van der Waals surface area (Å²) in [6, 6.07) is 13.1. The minimum absolute atomic E-state index is 0.269. The zero-order chi connectivity index (χ0) is 19.1. The third-order valence-corrected chi connectivity index (χ3v) is 4.54. The third-order valence-electron chi connectivity index (χ3n) is 3.71. The normalized spacial score (nSPS) is 10.5. The molecule has 6 heteroatoms. The summed E-state index contributed by atoms with van der Waals surface area (Å²) in [5.41, 5.74) is 2.54. The number of thiocarbonyl (C=S) groups is 1. The van der Waals surface area contributed by atoms with Gasteiger partial charge in [-0.3, -0.25) is 10.1 Å². The largest absolute Gasteiger partial charge is 0.492 e. The molecule has 2 rings (SSSR count). The van der Waals surface area contributed by atoms with Crippen molar-refractivity contribution in [2.75, 3.05) is 11.9 Å². The maximum Gasteiger partial charge on any atom is 0.257 e. The number of amides is 1. The molecule has 4 nitrogen and oxygen atoms in total. The zero-order valence-electron chi connectivity index (χ0n) is 15.1. The first-order valence-corrected chi connectivity index (χ1v) is 9.76. The smallest absolute Gasteiger partial charge is 0.257 e. The summed E-state index contributed by atoms with van der Waals surface area (Å²) in [6.07, 6.45) is 0.923. The van der Waals surface area contributed by atoms with Crippen LogP contribution in [0.15, 0.2) is 46.9 Å². The third kappa shape index (κ3) is 5.54. The molecule has 0 saturated carbocycles. The highest BCUT2D eigenvalue weighted by molar-refractivity contribution is 9.10. The standard InChI is InChI=1S/C20H23BrN2O2S/c1-4-11-25-18-10-9-14(12-16(18)21)19(24)23-20(26)22-17-8-6-5-7-15(17)13(2)3/h5-10,12-13H,4,11H2,1-3H3,(H2,22,23,24,26). The summed E-state index contributed by atoms with van der Waals surface area (Å²) in [4.78, 5) is 12.4.